The van der Waals surface area contributed by atoms with Crippen LogP contribution in [0.1, 0.15) is 5.56 Å². The third-order valence-corrected chi connectivity index (χ3v) is 3.05. The first-order chi connectivity index (χ1) is 8.88. The summed E-state index contributed by atoms with van der Waals surface area (Å²) in [6, 6.07) is 9.70. The summed E-state index contributed by atoms with van der Waals surface area (Å²) in [5, 5.41) is 11.8. The van der Waals surface area contributed by atoms with Crippen molar-refractivity contribution in [2.24, 2.45) is 0 Å². The zero-order valence-corrected chi connectivity index (χ0v) is 11.0. The first-order valence-electron chi connectivity index (χ1n) is 5.68. The molecule has 18 heavy (non-hydrogen) atoms. The Morgan fingerprint density at radius 3 is 3.00 bits per heavy atom. The number of benzene rings is 1. The average Bonchev–Trinajstić information content (AvgIpc) is 2.41. The van der Waals surface area contributed by atoms with Crippen molar-refractivity contribution in [2.75, 3.05) is 24.7 Å². The number of rotatable bonds is 8. The second-order valence-electron chi connectivity index (χ2n) is 3.49. The van der Waals surface area contributed by atoms with Crippen LogP contribution in [0.2, 0.25) is 0 Å². The molecule has 1 aromatic rings. The molecule has 0 saturated carbocycles. The second-order valence-corrected chi connectivity index (χ2v) is 4.59. The van der Waals surface area contributed by atoms with Crippen LogP contribution in [0.25, 0.3) is 0 Å². The molecule has 0 aliphatic heterocycles. The van der Waals surface area contributed by atoms with Crippen molar-refractivity contribution >= 4 is 11.8 Å². The molecule has 0 amide bonds. The summed E-state index contributed by atoms with van der Waals surface area (Å²) in [7, 11) is 0. The minimum Gasteiger partial charge on any atom is -0.478 e. The molecule has 0 radical (unpaired) electrons. The zero-order chi connectivity index (χ0) is 13.1. The third kappa shape index (κ3) is 5.63. The lowest BCUT2D eigenvalue weighted by molar-refractivity contribution is 0.363. The molecule has 0 aromatic heterocycles. The van der Waals surface area contributed by atoms with Crippen LogP contribution in [0.3, 0.4) is 0 Å². The lowest BCUT2D eigenvalue weighted by atomic mass is 10.2. The van der Waals surface area contributed by atoms with E-state index in [0.29, 0.717) is 0 Å². The standard InChI is InChI=1S/C14H16N2OS/c1-2-10-18-11-8-16-12-13-5-3-4-6-14(13)17-9-7-15/h1,3-6,16H,8-12H2. The molecule has 0 aliphatic carbocycles. The molecule has 1 rings (SSSR count). The first kappa shape index (κ1) is 14.4. The molecule has 0 unspecified atom stereocenters. The summed E-state index contributed by atoms with van der Waals surface area (Å²) in [5.74, 6) is 5.10. The van der Waals surface area contributed by atoms with E-state index in [-0.39, 0.29) is 6.61 Å². The Morgan fingerprint density at radius 2 is 2.22 bits per heavy atom. The predicted octanol–water partition coefficient (Wildman–Crippen LogP) is 2.04. The molecule has 3 nitrogen and oxygen atoms in total. The summed E-state index contributed by atoms with van der Waals surface area (Å²) >= 11 is 1.73. The Balaban J connectivity index is 2.33. The second kappa shape index (κ2) is 9.41. The Labute approximate surface area is 113 Å². The molecule has 1 aromatic carbocycles. The molecule has 4 heteroatoms. The molecule has 0 aliphatic rings. The van der Waals surface area contributed by atoms with E-state index in [4.69, 9.17) is 16.4 Å². The van der Waals surface area contributed by atoms with E-state index >= 15 is 0 Å². The summed E-state index contributed by atoms with van der Waals surface area (Å²) in [6.45, 7) is 1.71. The van der Waals surface area contributed by atoms with Crippen molar-refractivity contribution in [2.45, 2.75) is 6.54 Å². The van der Waals surface area contributed by atoms with Gasteiger partial charge in [-0.2, -0.15) is 5.26 Å². The van der Waals surface area contributed by atoms with E-state index in [9.17, 15) is 0 Å². The van der Waals surface area contributed by atoms with Crippen LogP contribution in [0.4, 0.5) is 0 Å². The number of hydrogen-bond acceptors (Lipinski definition) is 4. The van der Waals surface area contributed by atoms with E-state index in [0.717, 1.165) is 35.9 Å². The van der Waals surface area contributed by atoms with Gasteiger partial charge in [-0.05, 0) is 6.07 Å². The van der Waals surface area contributed by atoms with Crippen LogP contribution in [0.5, 0.6) is 5.75 Å². The maximum atomic E-state index is 8.51. The molecule has 0 heterocycles. The van der Waals surface area contributed by atoms with Gasteiger partial charge in [-0.3, -0.25) is 0 Å². The fourth-order valence-corrected chi connectivity index (χ4v) is 1.95. The van der Waals surface area contributed by atoms with Crippen LogP contribution < -0.4 is 10.1 Å². The number of para-hydroxylation sites is 1. The van der Waals surface area contributed by atoms with E-state index in [2.05, 4.69) is 11.2 Å². The van der Waals surface area contributed by atoms with Crippen molar-refractivity contribution in [3.05, 3.63) is 29.8 Å². The zero-order valence-electron chi connectivity index (χ0n) is 10.2. The van der Waals surface area contributed by atoms with E-state index in [1.807, 2.05) is 30.3 Å². The Morgan fingerprint density at radius 1 is 1.39 bits per heavy atom. The fourth-order valence-electron chi connectivity index (χ4n) is 1.40. The lowest BCUT2D eigenvalue weighted by Crippen LogP contribution is -2.17. The number of hydrogen-bond donors (Lipinski definition) is 1. The number of thioether (sulfide) groups is 1. The molecule has 0 spiro atoms. The maximum absolute atomic E-state index is 8.51. The van der Waals surface area contributed by atoms with Crippen LogP contribution >= 0.6 is 11.8 Å². The van der Waals surface area contributed by atoms with Crippen molar-refractivity contribution in [3.63, 3.8) is 0 Å². The minimum absolute atomic E-state index is 0.0784. The molecular formula is C14H16N2OS. The average molecular weight is 260 g/mol. The molecule has 0 fully saturated rings. The third-order valence-electron chi connectivity index (χ3n) is 2.19. The predicted molar refractivity (Wildman–Crippen MR) is 75.4 cm³/mol. The van der Waals surface area contributed by atoms with Gasteiger partial charge in [0, 0.05) is 24.4 Å². The molecule has 0 bridgehead atoms. The van der Waals surface area contributed by atoms with Gasteiger partial charge in [0.15, 0.2) is 6.61 Å². The Hall–Kier alpha value is -1.62. The summed E-state index contributed by atoms with van der Waals surface area (Å²) in [4.78, 5) is 0. The monoisotopic (exact) mass is 260 g/mol. The van der Waals surface area contributed by atoms with Crippen LogP contribution in [0.15, 0.2) is 24.3 Å². The highest BCUT2D eigenvalue weighted by Crippen LogP contribution is 2.17. The Kier molecular flexibility index (Phi) is 7.55. The van der Waals surface area contributed by atoms with Crippen molar-refractivity contribution < 1.29 is 4.74 Å². The van der Waals surface area contributed by atoms with Gasteiger partial charge in [-0.25, -0.2) is 0 Å². The summed E-state index contributed by atoms with van der Waals surface area (Å²) in [6.07, 6.45) is 5.17. The highest BCUT2D eigenvalue weighted by molar-refractivity contribution is 7.99. The largest absolute Gasteiger partial charge is 0.478 e. The molecular weight excluding hydrogens is 244 g/mol. The smallest absolute Gasteiger partial charge is 0.174 e. The van der Waals surface area contributed by atoms with Gasteiger partial charge in [0.05, 0.1) is 5.75 Å². The van der Waals surface area contributed by atoms with Crippen LogP contribution in [0, 0.1) is 23.7 Å². The SMILES string of the molecule is C#CCSCCNCc1ccccc1OCC#N. The number of nitrogens with one attached hydrogen (secondary N) is 1. The van der Waals surface area contributed by atoms with Gasteiger partial charge in [0.1, 0.15) is 11.8 Å². The summed E-state index contributed by atoms with van der Waals surface area (Å²) in [5.41, 5.74) is 1.06. The summed E-state index contributed by atoms with van der Waals surface area (Å²) < 4.78 is 5.35. The van der Waals surface area contributed by atoms with Gasteiger partial charge >= 0.3 is 0 Å². The lowest BCUT2D eigenvalue weighted by Gasteiger charge is -2.09. The minimum atomic E-state index is 0.0784. The number of nitriles is 1. The van der Waals surface area contributed by atoms with Crippen molar-refractivity contribution in [3.8, 4) is 24.2 Å². The normalized spacial score (nSPS) is 9.44. The van der Waals surface area contributed by atoms with Gasteiger partial charge in [0.2, 0.25) is 0 Å². The Bertz CT molecular complexity index is 434. The quantitative estimate of drug-likeness (QED) is 0.574. The highest BCUT2D eigenvalue weighted by Gasteiger charge is 2.01. The number of terminal acetylenes is 1. The number of nitrogens with zero attached hydrogens (tertiary/aromatic N) is 1. The van der Waals surface area contributed by atoms with Gasteiger partial charge in [0.25, 0.3) is 0 Å². The number of ether oxygens (including phenoxy) is 1. The van der Waals surface area contributed by atoms with Crippen LogP contribution in [-0.4, -0.2) is 24.7 Å². The van der Waals surface area contributed by atoms with E-state index < -0.39 is 0 Å². The van der Waals surface area contributed by atoms with E-state index in [1.54, 1.807) is 11.8 Å². The fraction of sp³-hybridized carbons (Fsp3) is 0.357. The maximum Gasteiger partial charge on any atom is 0.174 e. The molecule has 0 atom stereocenters. The molecule has 1 N–H and O–H groups in total. The van der Waals surface area contributed by atoms with Gasteiger partial charge in [-0.15, -0.1) is 18.2 Å². The molecule has 94 valence electrons. The molecule has 0 saturated heterocycles. The van der Waals surface area contributed by atoms with Crippen LogP contribution in [-0.2, 0) is 6.54 Å². The van der Waals surface area contributed by atoms with E-state index in [1.165, 1.54) is 0 Å². The van der Waals surface area contributed by atoms with Gasteiger partial charge in [-0.1, -0.05) is 24.1 Å². The van der Waals surface area contributed by atoms with Gasteiger partial charge < -0.3 is 10.1 Å². The van der Waals surface area contributed by atoms with Crippen molar-refractivity contribution in [1.29, 1.82) is 5.26 Å². The first-order valence-corrected chi connectivity index (χ1v) is 6.83. The van der Waals surface area contributed by atoms with Crippen molar-refractivity contribution in [1.82, 2.24) is 5.32 Å². The highest BCUT2D eigenvalue weighted by atomic mass is 32.2. The topological polar surface area (TPSA) is 45.0 Å².